The van der Waals surface area contributed by atoms with Crippen molar-refractivity contribution in [2.45, 2.75) is 65.3 Å². The molecule has 1 aromatic heterocycles. The van der Waals surface area contributed by atoms with Crippen LogP contribution in [0.3, 0.4) is 0 Å². The molecule has 1 N–H and O–H groups in total. The number of nitrogens with one attached hydrogen (secondary N) is 1. The molecule has 2 heterocycles. The molecule has 0 bridgehead atoms. The van der Waals surface area contributed by atoms with Crippen LogP contribution in [0, 0.1) is 5.92 Å². The van der Waals surface area contributed by atoms with Crippen LogP contribution in [-0.2, 0) is 14.3 Å². The summed E-state index contributed by atoms with van der Waals surface area (Å²) in [4.78, 5) is 29.9. The van der Waals surface area contributed by atoms with Gasteiger partial charge in [-0.15, -0.1) is 11.8 Å². The quantitative estimate of drug-likeness (QED) is 0.511. The van der Waals surface area contributed by atoms with Gasteiger partial charge in [-0.1, -0.05) is 13.8 Å². The van der Waals surface area contributed by atoms with Gasteiger partial charge in [-0.2, -0.15) is 0 Å². The zero-order chi connectivity index (χ0) is 23.2. The van der Waals surface area contributed by atoms with Gasteiger partial charge >= 0.3 is 5.63 Å². The van der Waals surface area contributed by atoms with E-state index < -0.39 is 23.0 Å². The van der Waals surface area contributed by atoms with E-state index in [0.717, 1.165) is 0 Å². The minimum Gasteiger partial charge on any atom is -0.496 e. The molecule has 0 fully saturated rings. The van der Waals surface area contributed by atoms with Crippen molar-refractivity contribution in [1.82, 2.24) is 5.32 Å². The highest BCUT2D eigenvalue weighted by atomic mass is 32.2. The van der Waals surface area contributed by atoms with Crippen molar-refractivity contribution >= 4 is 22.7 Å². The molecule has 1 aromatic rings. The van der Waals surface area contributed by atoms with Crippen LogP contribution in [-0.4, -0.2) is 48.4 Å². The molecule has 0 spiro atoms. The summed E-state index contributed by atoms with van der Waals surface area (Å²) in [5.41, 5.74) is -1.52. The number of carbonyl (C=O) groups is 1. The summed E-state index contributed by atoms with van der Waals surface area (Å²) in [7, 11) is 1.48. The summed E-state index contributed by atoms with van der Waals surface area (Å²) in [6.45, 7) is 12.4. The lowest BCUT2D eigenvalue weighted by molar-refractivity contribution is -0.169. The predicted molar refractivity (Wildman–Crippen MR) is 122 cm³/mol. The molecule has 0 saturated carbocycles. The zero-order valence-corrected chi connectivity index (χ0v) is 20.3. The van der Waals surface area contributed by atoms with Crippen LogP contribution < -0.4 is 15.7 Å². The summed E-state index contributed by atoms with van der Waals surface area (Å²) in [5, 5.41) is 3.67. The smallest absolute Gasteiger partial charge is 0.339 e. The van der Waals surface area contributed by atoms with Crippen LogP contribution in [0.25, 0.3) is 0 Å². The van der Waals surface area contributed by atoms with E-state index in [1.807, 2.05) is 34.6 Å². The van der Waals surface area contributed by atoms with Crippen molar-refractivity contribution in [2.24, 2.45) is 10.9 Å². The number of methoxy groups -OCH3 is 1. The molecule has 1 amide bonds. The van der Waals surface area contributed by atoms with Crippen LogP contribution in [0.1, 0.15) is 59.8 Å². The molecule has 1 aliphatic heterocycles. The fraction of sp³-hybridized carbons (Fsp3) is 0.682. The number of aliphatic imine (C=N–C) groups is 1. The first-order valence-corrected chi connectivity index (χ1v) is 11.6. The monoisotopic (exact) mass is 454 g/mol. The standard InChI is InChI=1S/C22H34N2O6S/c1-8-28-22(6,29-9-2)20-24-21(5,13-31-20)19(26)23-16(10-14(3)4)17-11-15(27-7)12-18(25)30-17/h11-12,14,16H,8-10,13H2,1-7H3,(H,23,26)/t16-,21+/m1/s1. The Kier molecular flexibility index (Phi) is 8.73. The van der Waals surface area contributed by atoms with Crippen molar-refractivity contribution in [1.29, 1.82) is 0 Å². The minimum absolute atomic E-state index is 0.249. The van der Waals surface area contributed by atoms with Gasteiger partial charge in [0.15, 0.2) is 0 Å². The van der Waals surface area contributed by atoms with Gasteiger partial charge in [0, 0.05) is 25.0 Å². The lowest BCUT2D eigenvalue weighted by Gasteiger charge is -2.29. The number of carbonyl (C=O) groups excluding carboxylic acids is 1. The second kappa shape index (κ2) is 10.7. The van der Waals surface area contributed by atoms with Gasteiger partial charge in [0.2, 0.25) is 11.7 Å². The Labute approximate surface area is 188 Å². The van der Waals surface area contributed by atoms with E-state index in [-0.39, 0.29) is 11.8 Å². The molecule has 0 aromatic carbocycles. The van der Waals surface area contributed by atoms with Crippen LogP contribution in [0.15, 0.2) is 26.3 Å². The van der Waals surface area contributed by atoms with Gasteiger partial charge < -0.3 is 23.9 Å². The predicted octanol–water partition coefficient (Wildman–Crippen LogP) is 3.55. The Balaban J connectivity index is 2.30. The molecule has 0 radical (unpaired) electrons. The first-order valence-electron chi connectivity index (χ1n) is 10.6. The maximum atomic E-state index is 13.3. The molecule has 8 nitrogen and oxygen atoms in total. The molecular weight excluding hydrogens is 420 g/mol. The summed E-state index contributed by atoms with van der Waals surface area (Å²) in [5.74, 6) is 0.232. The fourth-order valence-corrected chi connectivity index (χ4v) is 4.62. The molecule has 31 heavy (non-hydrogen) atoms. The average molecular weight is 455 g/mol. The van der Waals surface area contributed by atoms with Gasteiger partial charge in [0.05, 0.1) is 19.2 Å². The van der Waals surface area contributed by atoms with Crippen molar-refractivity contribution in [3.05, 3.63) is 28.3 Å². The number of rotatable bonds is 11. The summed E-state index contributed by atoms with van der Waals surface area (Å²) >= 11 is 1.46. The molecule has 0 unspecified atom stereocenters. The molecule has 9 heteroatoms. The molecule has 1 aliphatic rings. The Morgan fingerprint density at radius 2 is 1.97 bits per heavy atom. The Morgan fingerprint density at radius 3 is 2.52 bits per heavy atom. The third-order valence-corrected chi connectivity index (χ3v) is 6.35. The van der Waals surface area contributed by atoms with E-state index in [0.29, 0.717) is 41.9 Å². The van der Waals surface area contributed by atoms with Crippen LogP contribution in [0.5, 0.6) is 5.75 Å². The van der Waals surface area contributed by atoms with Crippen LogP contribution in [0.2, 0.25) is 0 Å². The van der Waals surface area contributed by atoms with Crippen molar-refractivity contribution in [3.63, 3.8) is 0 Å². The van der Waals surface area contributed by atoms with Crippen LogP contribution in [0.4, 0.5) is 0 Å². The van der Waals surface area contributed by atoms with E-state index in [1.165, 1.54) is 24.9 Å². The Morgan fingerprint density at radius 1 is 1.32 bits per heavy atom. The van der Waals surface area contributed by atoms with Gasteiger partial charge in [0.25, 0.3) is 0 Å². The number of hydrogen-bond donors (Lipinski definition) is 1. The van der Waals surface area contributed by atoms with Crippen molar-refractivity contribution in [3.8, 4) is 5.75 Å². The van der Waals surface area contributed by atoms with E-state index in [1.54, 1.807) is 13.0 Å². The molecule has 174 valence electrons. The van der Waals surface area contributed by atoms with Crippen molar-refractivity contribution in [2.75, 3.05) is 26.1 Å². The molecule has 0 aliphatic carbocycles. The Hall–Kier alpha value is -1.84. The SMILES string of the molecule is CCOC(C)(OCC)C1=N[C@](C)(C(=O)N[C@H](CC(C)C)c2cc(OC)cc(=O)o2)CS1. The highest BCUT2D eigenvalue weighted by molar-refractivity contribution is 8.14. The number of amides is 1. The maximum Gasteiger partial charge on any atom is 0.339 e. The van der Waals surface area contributed by atoms with E-state index >= 15 is 0 Å². The summed E-state index contributed by atoms with van der Waals surface area (Å²) in [6, 6.07) is 2.42. The van der Waals surface area contributed by atoms with Gasteiger partial charge in [-0.25, -0.2) is 4.79 Å². The van der Waals surface area contributed by atoms with E-state index in [9.17, 15) is 9.59 Å². The van der Waals surface area contributed by atoms with Crippen LogP contribution >= 0.6 is 11.8 Å². The third kappa shape index (κ3) is 6.33. The first kappa shape index (κ1) is 25.4. The van der Waals surface area contributed by atoms with Gasteiger partial charge in [-0.05, 0) is 40.0 Å². The molecule has 0 saturated heterocycles. The Bertz CT molecular complexity index is 847. The lowest BCUT2D eigenvalue weighted by Crippen LogP contribution is -2.46. The second-order valence-corrected chi connectivity index (χ2v) is 9.13. The zero-order valence-electron chi connectivity index (χ0n) is 19.4. The van der Waals surface area contributed by atoms with Crippen molar-refractivity contribution < 1.29 is 23.4 Å². The van der Waals surface area contributed by atoms with E-state index in [4.69, 9.17) is 23.6 Å². The van der Waals surface area contributed by atoms with Gasteiger partial charge in [0.1, 0.15) is 22.1 Å². The first-order chi connectivity index (χ1) is 14.6. The molecule has 2 rings (SSSR count). The topological polar surface area (TPSA) is 99.4 Å². The number of ether oxygens (including phenoxy) is 3. The maximum absolute atomic E-state index is 13.3. The normalized spacial score (nSPS) is 19.9. The minimum atomic E-state index is -0.996. The highest BCUT2D eigenvalue weighted by Gasteiger charge is 2.45. The van der Waals surface area contributed by atoms with E-state index in [2.05, 4.69) is 5.32 Å². The number of thioether (sulfide) groups is 1. The molecule has 2 atom stereocenters. The number of nitrogens with zero attached hydrogens (tertiary/aromatic N) is 1. The fourth-order valence-electron chi connectivity index (χ4n) is 3.36. The third-order valence-electron chi connectivity index (χ3n) is 4.91. The van der Waals surface area contributed by atoms with Gasteiger partial charge in [-0.3, -0.25) is 9.79 Å². The second-order valence-electron chi connectivity index (χ2n) is 8.17. The summed E-state index contributed by atoms with van der Waals surface area (Å²) in [6.07, 6.45) is 0.594. The highest BCUT2D eigenvalue weighted by Crippen LogP contribution is 2.36. The molecular formula is C22H34N2O6S. The number of hydrogen-bond acceptors (Lipinski definition) is 8. The average Bonchev–Trinajstić information content (AvgIpc) is 3.11. The summed E-state index contributed by atoms with van der Waals surface area (Å²) < 4.78 is 22.2. The largest absolute Gasteiger partial charge is 0.496 e. The lowest BCUT2D eigenvalue weighted by atomic mass is 9.98.